The van der Waals surface area contributed by atoms with E-state index in [2.05, 4.69) is 51.6 Å². The molecular weight excluding hydrogens is 555 g/mol. The number of hydrogen-bond donors (Lipinski definition) is 0. The van der Waals surface area contributed by atoms with Gasteiger partial charge in [-0.2, -0.15) is 10.2 Å². The summed E-state index contributed by atoms with van der Waals surface area (Å²) in [5.41, 5.74) is 7.06. The van der Waals surface area contributed by atoms with Crippen LogP contribution in [0.1, 0.15) is 66.7 Å². The van der Waals surface area contributed by atoms with Gasteiger partial charge in [-0.05, 0) is 92.6 Å². The van der Waals surface area contributed by atoms with Gasteiger partial charge in [0.2, 0.25) is 5.88 Å². The number of carbonyl (C=O) groups excluding carboxylic acids is 1. The molecule has 44 heavy (non-hydrogen) atoms. The van der Waals surface area contributed by atoms with Gasteiger partial charge in [-0.25, -0.2) is 4.39 Å². The van der Waals surface area contributed by atoms with E-state index in [1.807, 2.05) is 0 Å². The second-order valence-electron chi connectivity index (χ2n) is 13.8. The van der Waals surface area contributed by atoms with Gasteiger partial charge in [0.05, 0.1) is 24.1 Å². The lowest BCUT2D eigenvalue weighted by atomic mass is 9.95. The number of fused-ring (bicyclic) bond motifs is 5. The van der Waals surface area contributed by atoms with Gasteiger partial charge in [0.25, 0.3) is 5.91 Å². The Morgan fingerprint density at radius 1 is 1.14 bits per heavy atom. The first-order valence-electron chi connectivity index (χ1n) is 16.5. The predicted molar refractivity (Wildman–Crippen MR) is 166 cm³/mol. The summed E-state index contributed by atoms with van der Waals surface area (Å²) in [6.45, 7) is 9.13. The van der Waals surface area contributed by atoms with E-state index in [1.54, 1.807) is 5.56 Å². The van der Waals surface area contributed by atoms with E-state index in [4.69, 9.17) is 9.72 Å². The van der Waals surface area contributed by atoms with Gasteiger partial charge in [0.1, 0.15) is 12.4 Å². The molecule has 3 atom stereocenters. The molecule has 5 heterocycles. The Bertz CT molecular complexity index is 1540. The third kappa shape index (κ3) is 4.65. The number of halogens is 1. The second kappa shape index (κ2) is 10.8. The van der Waals surface area contributed by atoms with Crippen LogP contribution in [0.2, 0.25) is 0 Å². The summed E-state index contributed by atoms with van der Waals surface area (Å²) < 4.78 is 20.5. The number of aromatic nitrogens is 1. The Kier molecular flexibility index (Phi) is 6.82. The molecule has 8 nitrogen and oxygen atoms in total. The van der Waals surface area contributed by atoms with Crippen LogP contribution in [0.4, 0.5) is 15.9 Å². The topological polar surface area (TPSA) is 75.9 Å². The molecule has 1 aromatic heterocycles. The zero-order valence-electron chi connectivity index (χ0n) is 25.4. The molecule has 0 N–H and O–H groups in total. The average molecular weight is 597 g/mol. The van der Waals surface area contributed by atoms with E-state index < -0.39 is 17.8 Å². The number of piperazine rings is 1. The van der Waals surface area contributed by atoms with E-state index in [9.17, 15) is 14.4 Å². The molecule has 1 amide bonds. The molecule has 1 aromatic carbocycles. The molecular formula is C35H41FN6O2. The number of nitriles is 1. The maximum Gasteiger partial charge on any atom is 0.282 e. The number of hydrogen-bond acceptors (Lipinski definition) is 7. The highest BCUT2D eigenvalue weighted by Crippen LogP contribution is 2.59. The SMILES string of the molecule is C=C(F)C(=O)N1CCN(c2nc(OCC34CCCN3CCC4)cc3c2CCN(c2cccc4c2C2CC2C4)C3)C[C@@H]1CC#N. The molecule has 0 radical (unpaired) electrons. The fourth-order valence-electron chi connectivity index (χ4n) is 9.08. The molecule has 1 saturated carbocycles. The molecule has 6 aliphatic rings. The number of rotatable bonds is 7. The van der Waals surface area contributed by atoms with Crippen LogP contribution in [-0.4, -0.2) is 78.1 Å². The Hall–Kier alpha value is -3.64. The first kappa shape index (κ1) is 27.9. The molecule has 0 bridgehead atoms. The average Bonchev–Trinajstić information content (AvgIpc) is 3.32. The Balaban J connectivity index is 1.11. The molecule has 8 rings (SSSR count). The van der Waals surface area contributed by atoms with Crippen molar-refractivity contribution in [1.82, 2.24) is 14.8 Å². The van der Waals surface area contributed by atoms with Gasteiger partial charge in [-0.3, -0.25) is 9.69 Å². The van der Waals surface area contributed by atoms with Crippen molar-refractivity contribution in [3.8, 4) is 11.9 Å². The van der Waals surface area contributed by atoms with E-state index in [0.717, 1.165) is 50.3 Å². The molecule has 2 unspecified atom stereocenters. The highest BCUT2D eigenvalue weighted by molar-refractivity contribution is 5.91. The lowest BCUT2D eigenvalue weighted by molar-refractivity contribution is -0.131. The van der Waals surface area contributed by atoms with Crippen molar-refractivity contribution < 1.29 is 13.9 Å². The van der Waals surface area contributed by atoms with Crippen molar-refractivity contribution in [2.45, 2.75) is 75.4 Å². The summed E-state index contributed by atoms with van der Waals surface area (Å²) in [7, 11) is 0. The second-order valence-corrected chi connectivity index (χ2v) is 13.8. The first-order valence-corrected chi connectivity index (χ1v) is 16.5. The molecule has 4 aliphatic heterocycles. The fourth-order valence-corrected chi connectivity index (χ4v) is 9.08. The molecule has 230 valence electrons. The van der Waals surface area contributed by atoms with E-state index in [0.29, 0.717) is 32.1 Å². The normalized spacial score (nSPS) is 26.5. The highest BCUT2D eigenvalue weighted by atomic mass is 19.1. The smallest absolute Gasteiger partial charge is 0.282 e. The lowest BCUT2D eigenvalue weighted by Gasteiger charge is -2.42. The van der Waals surface area contributed by atoms with Crippen LogP contribution >= 0.6 is 0 Å². The van der Waals surface area contributed by atoms with E-state index >= 15 is 0 Å². The standard InChI is InChI=1S/C35H41FN6O2/c1-23(36)34(43)42-16-15-40(21-27(42)7-11-37)33-28-8-14-39(30-6-2-5-24-17-25-18-29(25)32(24)30)20-26(28)19-31(38-33)44-22-35-9-3-12-41(35)13-4-10-35/h2,5-6,19,25,27,29H,1,3-4,7-10,12-18,20-22H2/t25?,27-,29?/m0/s1. The van der Waals surface area contributed by atoms with Crippen LogP contribution in [0.15, 0.2) is 36.7 Å². The minimum atomic E-state index is -0.982. The van der Waals surface area contributed by atoms with Crippen LogP contribution < -0.4 is 14.5 Å². The lowest BCUT2D eigenvalue weighted by Crippen LogP contribution is -2.55. The molecule has 2 aromatic rings. The van der Waals surface area contributed by atoms with Crippen LogP contribution in [-0.2, 0) is 24.2 Å². The maximum atomic E-state index is 13.9. The van der Waals surface area contributed by atoms with E-state index in [-0.39, 0.29) is 12.0 Å². The van der Waals surface area contributed by atoms with Crippen molar-refractivity contribution in [2.75, 3.05) is 55.7 Å². The van der Waals surface area contributed by atoms with Gasteiger partial charge in [-0.1, -0.05) is 18.7 Å². The molecule has 2 aliphatic carbocycles. The van der Waals surface area contributed by atoms with Crippen molar-refractivity contribution in [3.05, 3.63) is 58.9 Å². The number of carbonyl (C=O) groups is 1. The summed E-state index contributed by atoms with van der Waals surface area (Å²) in [6.07, 6.45) is 8.32. The number of benzene rings is 1. The molecule has 4 fully saturated rings. The van der Waals surface area contributed by atoms with Crippen LogP contribution in [0.5, 0.6) is 5.88 Å². The number of amides is 1. The fraction of sp³-hybridized carbons (Fsp3) is 0.571. The van der Waals surface area contributed by atoms with Crippen LogP contribution in [0.25, 0.3) is 0 Å². The number of ether oxygens (including phenoxy) is 1. The Morgan fingerprint density at radius 2 is 1.98 bits per heavy atom. The zero-order valence-corrected chi connectivity index (χ0v) is 25.4. The maximum absolute atomic E-state index is 13.9. The third-order valence-electron chi connectivity index (χ3n) is 11.4. The summed E-state index contributed by atoms with van der Waals surface area (Å²) in [5.74, 6) is 1.40. The van der Waals surface area contributed by atoms with Gasteiger partial charge in [0.15, 0.2) is 5.83 Å². The largest absolute Gasteiger partial charge is 0.476 e. The highest BCUT2D eigenvalue weighted by Gasteiger charge is 2.47. The summed E-state index contributed by atoms with van der Waals surface area (Å²) in [5, 5.41) is 9.56. The number of anilines is 2. The van der Waals surface area contributed by atoms with Crippen LogP contribution in [0, 0.1) is 17.2 Å². The Morgan fingerprint density at radius 3 is 2.77 bits per heavy atom. The molecule has 0 spiro atoms. The Labute approximate surface area is 259 Å². The minimum Gasteiger partial charge on any atom is -0.476 e. The first-order chi connectivity index (χ1) is 21.4. The van der Waals surface area contributed by atoms with Gasteiger partial charge < -0.3 is 19.4 Å². The van der Waals surface area contributed by atoms with Crippen molar-refractivity contribution in [1.29, 1.82) is 5.26 Å². The monoisotopic (exact) mass is 596 g/mol. The van der Waals surface area contributed by atoms with Gasteiger partial charge >= 0.3 is 0 Å². The number of pyridine rings is 1. The van der Waals surface area contributed by atoms with E-state index in [1.165, 1.54) is 65.8 Å². The van der Waals surface area contributed by atoms with Gasteiger partial charge in [-0.15, -0.1) is 0 Å². The van der Waals surface area contributed by atoms with Crippen LogP contribution in [0.3, 0.4) is 0 Å². The van der Waals surface area contributed by atoms with Crippen molar-refractivity contribution in [3.63, 3.8) is 0 Å². The number of nitrogens with zero attached hydrogens (tertiary/aromatic N) is 6. The third-order valence-corrected chi connectivity index (χ3v) is 11.4. The quantitative estimate of drug-likeness (QED) is 0.428. The predicted octanol–water partition coefficient (Wildman–Crippen LogP) is 4.73. The van der Waals surface area contributed by atoms with Crippen molar-refractivity contribution >= 4 is 17.4 Å². The van der Waals surface area contributed by atoms with Gasteiger partial charge in [0, 0.05) is 50.0 Å². The van der Waals surface area contributed by atoms with Crippen molar-refractivity contribution in [2.24, 2.45) is 5.92 Å². The summed E-state index contributed by atoms with van der Waals surface area (Å²) in [4.78, 5) is 26.5. The zero-order chi connectivity index (χ0) is 30.0. The minimum absolute atomic E-state index is 0.119. The summed E-state index contributed by atoms with van der Waals surface area (Å²) >= 11 is 0. The molecule has 3 saturated heterocycles. The summed E-state index contributed by atoms with van der Waals surface area (Å²) in [6, 6.07) is 10.8. The molecule has 9 heteroatoms.